The highest BCUT2D eigenvalue weighted by Crippen LogP contribution is 2.15. The molecule has 1 aromatic carbocycles. The standard InChI is InChI=1S/C9H6BrClO2S/c10-9-6-2-1-4-8(9)5-3-7-14(11,12)13/h1-2,4,6H,5H2. The van der Waals surface area contributed by atoms with Crippen LogP contribution >= 0.6 is 26.6 Å². The summed E-state index contributed by atoms with van der Waals surface area (Å²) in [5.41, 5.74) is 0.931. The van der Waals surface area contributed by atoms with Gasteiger partial charge in [0.2, 0.25) is 0 Å². The Balaban J connectivity index is 2.80. The monoisotopic (exact) mass is 292 g/mol. The lowest BCUT2D eigenvalue weighted by atomic mass is 10.2. The first-order chi connectivity index (χ1) is 6.49. The molecule has 0 N–H and O–H groups in total. The summed E-state index contributed by atoms with van der Waals surface area (Å²) in [5, 5.41) is 1.96. The van der Waals surface area contributed by atoms with E-state index in [2.05, 4.69) is 21.9 Å². The van der Waals surface area contributed by atoms with Gasteiger partial charge in [-0.2, -0.15) is 8.42 Å². The maximum Gasteiger partial charge on any atom is 0.300 e. The van der Waals surface area contributed by atoms with Crippen molar-refractivity contribution in [3.63, 3.8) is 0 Å². The van der Waals surface area contributed by atoms with Crippen molar-refractivity contribution >= 4 is 35.7 Å². The topological polar surface area (TPSA) is 34.1 Å². The summed E-state index contributed by atoms with van der Waals surface area (Å²) in [7, 11) is 1.21. The Hall–Kier alpha value is -0.500. The van der Waals surface area contributed by atoms with Gasteiger partial charge in [-0.1, -0.05) is 40.0 Å². The highest BCUT2D eigenvalue weighted by Gasteiger charge is 1.97. The van der Waals surface area contributed by atoms with E-state index >= 15 is 0 Å². The first-order valence-corrected chi connectivity index (χ1v) is 6.77. The Morgan fingerprint density at radius 3 is 2.57 bits per heavy atom. The van der Waals surface area contributed by atoms with Gasteiger partial charge in [0.25, 0.3) is 0 Å². The van der Waals surface area contributed by atoms with Crippen molar-refractivity contribution < 1.29 is 8.42 Å². The molecule has 0 bridgehead atoms. The predicted octanol–water partition coefficient (Wildman–Crippen LogP) is 2.52. The van der Waals surface area contributed by atoms with E-state index < -0.39 is 9.05 Å². The lowest BCUT2D eigenvalue weighted by Gasteiger charge is -1.96. The molecular weight excluding hydrogens is 288 g/mol. The molecule has 5 heteroatoms. The Morgan fingerprint density at radius 2 is 2.00 bits per heavy atom. The molecule has 0 aliphatic heterocycles. The molecule has 0 saturated heterocycles. The second-order valence-corrected chi connectivity index (χ2v) is 5.64. The van der Waals surface area contributed by atoms with Crippen LogP contribution in [0.15, 0.2) is 28.7 Å². The Morgan fingerprint density at radius 1 is 1.36 bits per heavy atom. The van der Waals surface area contributed by atoms with Gasteiger partial charge in [-0.05, 0) is 11.6 Å². The molecule has 2 nitrogen and oxygen atoms in total. The molecule has 1 rings (SSSR count). The van der Waals surface area contributed by atoms with Crippen molar-refractivity contribution in [2.75, 3.05) is 0 Å². The minimum absolute atomic E-state index is 0.355. The van der Waals surface area contributed by atoms with Crippen molar-refractivity contribution in [1.82, 2.24) is 0 Å². The van der Waals surface area contributed by atoms with Gasteiger partial charge in [-0.25, -0.2) is 0 Å². The maximum absolute atomic E-state index is 10.5. The highest BCUT2D eigenvalue weighted by molar-refractivity contribution is 9.10. The van der Waals surface area contributed by atoms with Crippen LogP contribution < -0.4 is 0 Å². The van der Waals surface area contributed by atoms with Crippen LogP contribution in [0.5, 0.6) is 0 Å². The quantitative estimate of drug-likeness (QED) is 0.589. The second-order valence-electron chi connectivity index (χ2n) is 2.48. The molecule has 0 amide bonds. The second kappa shape index (κ2) is 4.83. The number of hydrogen-bond donors (Lipinski definition) is 0. The molecular formula is C9H6BrClO2S. The fourth-order valence-corrected chi connectivity index (χ4v) is 1.69. The van der Waals surface area contributed by atoms with Crippen LogP contribution in [0.25, 0.3) is 0 Å². The third kappa shape index (κ3) is 4.14. The fourth-order valence-electron chi connectivity index (χ4n) is 0.859. The zero-order valence-electron chi connectivity index (χ0n) is 7.00. The van der Waals surface area contributed by atoms with Gasteiger partial charge in [0.15, 0.2) is 0 Å². The largest absolute Gasteiger partial charge is 0.300 e. The highest BCUT2D eigenvalue weighted by atomic mass is 79.9. The van der Waals surface area contributed by atoms with Gasteiger partial charge in [-0.3, -0.25) is 0 Å². The van der Waals surface area contributed by atoms with Gasteiger partial charge < -0.3 is 0 Å². The van der Waals surface area contributed by atoms with E-state index in [-0.39, 0.29) is 0 Å². The SMILES string of the molecule is O=S(=O)(Cl)C#CCc1ccccc1Br. The zero-order chi connectivity index (χ0) is 10.6. The summed E-state index contributed by atoms with van der Waals surface area (Å²) < 4.78 is 21.9. The van der Waals surface area contributed by atoms with E-state index in [4.69, 9.17) is 10.7 Å². The maximum atomic E-state index is 10.5. The van der Waals surface area contributed by atoms with E-state index in [0.29, 0.717) is 6.42 Å². The summed E-state index contributed by atoms with van der Waals surface area (Å²) >= 11 is 3.33. The van der Waals surface area contributed by atoms with E-state index in [1.165, 1.54) is 0 Å². The molecule has 0 radical (unpaired) electrons. The van der Waals surface area contributed by atoms with E-state index in [0.717, 1.165) is 10.0 Å². The number of rotatable bonds is 1. The van der Waals surface area contributed by atoms with Crippen LogP contribution in [0.3, 0.4) is 0 Å². The fraction of sp³-hybridized carbons (Fsp3) is 0.111. The summed E-state index contributed by atoms with van der Waals surface area (Å²) in [6, 6.07) is 7.46. The predicted molar refractivity (Wildman–Crippen MR) is 60.4 cm³/mol. The smallest absolute Gasteiger partial charge is 0.198 e. The Labute approximate surface area is 95.8 Å². The van der Waals surface area contributed by atoms with Crippen molar-refractivity contribution in [1.29, 1.82) is 0 Å². The summed E-state index contributed by atoms with van der Waals surface area (Å²) in [4.78, 5) is 0. The van der Waals surface area contributed by atoms with Crippen molar-refractivity contribution in [2.45, 2.75) is 6.42 Å². The van der Waals surface area contributed by atoms with Crippen LogP contribution in [-0.4, -0.2) is 8.42 Å². The van der Waals surface area contributed by atoms with Gasteiger partial charge >= 0.3 is 9.05 Å². The van der Waals surface area contributed by atoms with Crippen molar-refractivity contribution in [3.05, 3.63) is 34.3 Å². The third-order valence-electron chi connectivity index (χ3n) is 1.43. The molecule has 0 spiro atoms. The molecule has 0 saturated carbocycles. The Kier molecular flexibility index (Phi) is 3.99. The molecule has 0 atom stereocenters. The molecule has 0 fully saturated rings. The number of halogens is 2. The molecule has 74 valence electrons. The zero-order valence-corrected chi connectivity index (χ0v) is 10.2. The molecule has 0 unspecified atom stereocenters. The molecule has 0 aliphatic carbocycles. The van der Waals surface area contributed by atoms with Crippen LogP contribution in [0, 0.1) is 11.2 Å². The molecule has 1 aromatic rings. The summed E-state index contributed by atoms with van der Waals surface area (Å²) in [6.07, 6.45) is 0.355. The van der Waals surface area contributed by atoms with E-state index in [1.54, 1.807) is 0 Å². The molecule has 14 heavy (non-hydrogen) atoms. The number of benzene rings is 1. The average Bonchev–Trinajstić information content (AvgIpc) is 2.06. The first-order valence-electron chi connectivity index (χ1n) is 3.67. The van der Waals surface area contributed by atoms with Gasteiger partial charge in [-0.15, -0.1) is 0 Å². The minimum Gasteiger partial charge on any atom is -0.198 e. The van der Waals surface area contributed by atoms with Crippen LogP contribution in [0.2, 0.25) is 0 Å². The van der Waals surface area contributed by atoms with Crippen LogP contribution in [0.1, 0.15) is 5.56 Å². The lowest BCUT2D eigenvalue weighted by Crippen LogP contribution is -1.85. The molecule has 0 heterocycles. The van der Waals surface area contributed by atoms with Crippen LogP contribution in [-0.2, 0) is 15.5 Å². The molecule has 0 aliphatic rings. The summed E-state index contributed by atoms with van der Waals surface area (Å²) in [6.45, 7) is 0. The Bertz CT molecular complexity index is 485. The lowest BCUT2D eigenvalue weighted by molar-refractivity contribution is 0.618. The van der Waals surface area contributed by atoms with Crippen LogP contribution in [0.4, 0.5) is 0 Å². The van der Waals surface area contributed by atoms with Gasteiger partial charge in [0, 0.05) is 26.8 Å². The first kappa shape index (κ1) is 11.6. The normalized spacial score (nSPS) is 10.4. The van der Waals surface area contributed by atoms with Crippen molar-refractivity contribution in [3.8, 4) is 11.2 Å². The minimum atomic E-state index is -3.71. The van der Waals surface area contributed by atoms with Gasteiger partial charge in [0.1, 0.15) is 0 Å². The average molecular weight is 294 g/mol. The van der Waals surface area contributed by atoms with E-state index in [1.807, 2.05) is 29.5 Å². The van der Waals surface area contributed by atoms with E-state index in [9.17, 15) is 8.42 Å². The summed E-state index contributed by atoms with van der Waals surface area (Å²) in [5.74, 6) is 2.48. The van der Waals surface area contributed by atoms with Gasteiger partial charge in [0.05, 0.1) is 0 Å². The number of hydrogen-bond acceptors (Lipinski definition) is 2. The van der Waals surface area contributed by atoms with Crippen molar-refractivity contribution in [2.24, 2.45) is 0 Å². The molecule has 0 aromatic heterocycles. The third-order valence-corrected chi connectivity index (χ3v) is 2.82.